The summed E-state index contributed by atoms with van der Waals surface area (Å²) in [6.45, 7) is 1.08. The summed E-state index contributed by atoms with van der Waals surface area (Å²) in [6, 6.07) is 5.96. The highest BCUT2D eigenvalue weighted by molar-refractivity contribution is 7.91. The molecule has 3 rings (SSSR count). The van der Waals surface area contributed by atoms with Crippen molar-refractivity contribution in [1.29, 1.82) is 0 Å². The minimum absolute atomic E-state index is 0.0533. The van der Waals surface area contributed by atoms with Crippen molar-refractivity contribution in [2.75, 3.05) is 30.0 Å². The first-order valence-electron chi connectivity index (χ1n) is 7.96. The van der Waals surface area contributed by atoms with Crippen molar-refractivity contribution in [3.05, 3.63) is 35.4 Å². The van der Waals surface area contributed by atoms with Gasteiger partial charge in [0.1, 0.15) is 0 Å². The van der Waals surface area contributed by atoms with E-state index in [1.54, 1.807) is 6.08 Å². The Morgan fingerprint density at radius 3 is 2.96 bits per heavy atom. The second-order valence-corrected chi connectivity index (χ2v) is 8.58. The molecule has 2 heterocycles. The largest absolute Gasteiger partial charge is 0.374 e. The quantitative estimate of drug-likeness (QED) is 0.848. The average molecular weight is 334 g/mol. The molecule has 0 bridgehead atoms. The molecule has 124 valence electrons. The minimum atomic E-state index is -2.97. The van der Waals surface area contributed by atoms with Crippen LogP contribution in [0.5, 0.6) is 0 Å². The fourth-order valence-corrected chi connectivity index (χ4v) is 4.91. The van der Waals surface area contributed by atoms with Crippen molar-refractivity contribution in [2.24, 2.45) is 0 Å². The van der Waals surface area contributed by atoms with E-state index in [1.165, 1.54) is 17.3 Å². The number of anilines is 1. The van der Waals surface area contributed by atoms with Gasteiger partial charge in [-0.2, -0.15) is 0 Å². The molecular weight excluding hydrogens is 312 g/mol. The number of carbonyl (C=O) groups excluding carboxylic acids is 1. The normalized spacial score (nSPS) is 23.0. The molecule has 1 amide bonds. The van der Waals surface area contributed by atoms with Crippen molar-refractivity contribution in [1.82, 2.24) is 5.32 Å². The molecular formula is C17H22N2O3S. The van der Waals surface area contributed by atoms with Crippen LogP contribution in [0.1, 0.15) is 24.0 Å². The van der Waals surface area contributed by atoms with Gasteiger partial charge in [0, 0.05) is 31.4 Å². The monoisotopic (exact) mass is 334 g/mol. The van der Waals surface area contributed by atoms with Crippen LogP contribution in [-0.4, -0.2) is 45.5 Å². The molecule has 5 nitrogen and oxygen atoms in total. The van der Waals surface area contributed by atoms with E-state index in [2.05, 4.69) is 29.4 Å². The molecule has 1 N–H and O–H groups in total. The zero-order valence-corrected chi connectivity index (χ0v) is 14.1. The molecule has 2 aliphatic rings. The van der Waals surface area contributed by atoms with E-state index >= 15 is 0 Å². The van der Waals surface area contributed by atoms with Gasteiger partial charge in [-0.3, -0.25) is 4.79 Å². The third-order valence-corrected chi connectivity index (χ3v) is 6.23. The van der Waals surface area contributed by atoms with Gasteiger partial charge in [0.15, 0.2) is 9.84 Å². The van der Waals surface area contributed by atoms with Gasteiger partial charge in [0.05, 0.1) is 11.5 Å². The third kappa shape index (κ3) is 3.93. The lowest BCUT2D eigenvalue weighted by Gasteiger charge is -2.27. The number of hydrogen-bond donors (Lipinski definition) is 1. The first kappa shape index (κ1) is 16.1. The Bertz CT molecular complexity index is 740. The number of fused-ring (bicyclic) bond motifs is 1. The zero-order valence-electron chi connectivity index (χ0n) is 13.3. The van der Waals surface area contributed by atoms with E-state index in [0.717, 1.165) is 24.9 Å². The molecule has 1 aromatic rings. The molecule has 0 saturated carbocycles. The maximum atomic E-state index is 11.9. The molecule has 1 atom stereocenters. The number of aryl methyl sites for hydroxylation is 1. The molecule has 0 spiro atoms. The summed E-state index contributed by atoms with van der Waals surface area (Å²) in [6.07, 6.45) is 5.99. The molecule has 0 radical (unpaired) electrons. The van der Waals surface area contributed by atoms with Gasteiger partial charge in [0.25, 0.3) is 0 Å². The molecule has 6 heteroatoms. The van der Waals surface area contributed by atoms with E-state index in [9.17, 15) is 13.2 Å². The Kier molecular flexibility index (Phi) is 4.43. The number of sulfone groups is 1. The summed E-state index contributed by atoms with van der Waals surface area (Å²) in [5.74, 6) is -0.0143. The number of rotatable bonds is 3. The maximum absolute atomic E-state index is 11.9. The first-order chi connectivity index (χ1) is 10.9. The lowest BCUT2D eigenvalue weighted by Crippen LogP contribution is -2.34. The Balaban J connectivity index is 1.62. The fraction of sp³-hybridized carbons (Fsp3) is 0.471. The Hall–Kier alpha value is -1.82. The van der Waals surface area contributed by atoms with Gasteiger partial charge in [-0.1, -0.05) is 6.07 Å². The van der Waals surface area contributed by atoms with E-state index in [4.69, 9.17) is 0 Å². The van der Waals surface area contributed by atoms with E-state index < -0.39 is 9.84 Å². The number of carbonyl (C=O) groups is 1. The highest BCUT2D eigenvalue weighted by atomic mass is 32.2. The second-order valence-electron chi connectivity index (χ2n) is 6.36. The van der Waals surface area contributed by atoms with Crippen molar-refractivity contribution < 1.29 is 13.2 Å². The Morgan fingerprint density at radius 1 is 1.39 bits per heavy atom. The Labute approximate surface area is 137 Å². The summed E-state index contributed by atoms with van der Waals surface area (Å²) in [7, 11) is -0.873. The molecule has 1 fully saturated rings. The van der Waals surface area contributed by atoms with Gasteiger partial charge < -0.3 is 10.2 Å². The number of nitrogens with zero attached hydrogens (tertiary/aromatic N) is 1. The molecule has 1 saturated heterocycles. The molecule has 0 aliphatic carbocycles. The average Bonchev–Trinajstić information content (AvgIpc) is 2.84. The lowest BCUT2D eigenvalue weighted by molar-refractivity contribution is -0.116. The van der Waals surface area contributed by atoms with Gasteiger partial charge in [-0.25, -0.2) is 8.42 Å². The molecule has 1 aromatic carbocycles. The summed E-state index contributed by atoms with van der Waals surface area (Å²) < 4.78 is 22.8. The predicted octanol–water partition coefficient (Wildman–Crippen LogP) is 1.39. The summed E-state index contributed by atoms with van der Waals surface area (Å²) in [5.41, 5.74) is 3.56. The first-order valence-corrected chi connectivity index (χ1v) is 9.78. The number of hydrogen-bond acceptors (Lipinski definition) is 4. The highest BCUT2D eigenvalue weighted by Crippen LogP contribution is 2.27. The zero-order chi connectivity index (χ0) is 16.4. The van der Waals surface area contributed by atoms with Crippen LogP contribution in [0.2, 0.25) is 0 Å². The van der Waals surface area contributed by atoms with Gasteiger partial charge in [-0.05, 0) is 48.6 Å². The van der Waals surface area contributed by atoms with E-state index in [0.29, 0.717) is 6.42 Å². The highest BCUT2D eigenvalue weighted by Gasteiger charge is 2.28. The third-order valence-electron chi connectivity index (χ3n) is 4.46. The SMILES string of the molecule is CN1CCCc2cc(/C=C/C(=O)NC3CCS(=O)(=O)C3)ccc21. The molecule has 1 unspecified atom stereocenters. The van der Waals surface area contributed by atoms with Crippen LogP contribution in [0.25, 0.3) is 6.08 Å². The summed E-state index contributed by atoms with van der Waals surface area (Å²) in [5, 5.41) is 2.76. The van der Waals surface area contributed by atoms with Crippen LogP contribution in [-0.2, 0) is 21.1 Å². The van der Waals surface area contributed by atoms with Crippen LogP contribution < -0.4 is 10.2 Å². The summed E-state index contributed by atoms with van der Waals surface area (Å²) >= 11 is 0. The van der Waals surface area contributed by atoms with E-state index in [-0.39, 0.29) is 23.5 Å². The van der Waals surface area contributed by atoms with Crippen LogP contribution in [0.3, 0.4) is 0 Å². The standard InChI is InChI=1S/C17H22N2O3S/c1-19-9-2-3-14-11-13(4-6-16(14)19)5-7-17(20)18-15-8-10-23(21,22)12-15/h4-7,11,15H,2-3,8-10,12H2,1H3,(H,18,20)/b7-5+. The lowest BCUT2D eigenvalue weighted by atomic mass is 9.99. The topological polar surface area (TPSA) is 66.5 Å². The predicted molar refractivity (Wildman–Crippen MR) is 92.3 cm³/mol. The maximum Gasteiger partial charge on any atom is 0.244 e. The smallest absolute Gasteiger partial charge is 0.244 e. The number of nitrogens with one attached hydrogen (secondary N) is 1. The van der Waals surface area contributed by atoms with Crippen LogP contribution in [0, 0.1) is 0 Å². The van der Waals surface area contributed by atoms with Crippen molar-refractivity contribution in [3.63, 3.8) is 0 Å². The molecule has 0 aromatic heterocycles. The Morgan fingerprint density at radius 2 is 2.22 bits per heavy atom. The van der Waals surface area contributed by atoms with Gasteiger partial charge in [-0.15, -0.1) is 0 Å². The molecule has 2 aliphatic heterocycles. The second kappa shape index (κ2) is 6.35. The van der Waals surface area contributed by atoms with Crippen LogP contribution >= 0.6 is 0 Å². The van der Waals surface area contributed by atoms with Crippen LogP contribution in [0.15, 0.2) is 24.3 Å². The molecule has 23 heavy (non-hydrogen) atoms. The van der Waals surface area contributed by atoms with E-state index in [1.807, 2.05) is 6.07 Å². The van der Waals surface area contributed by atoms with Gasteiger partial charge >= 0.3 is 0 Å². The summed E-state index contributed by atoms with van der Waals surface area (Å²) in [4.78, 5) is 14.2. The minimum Gasteiger partial charge on any atom is -0.374 e. The number of benzene rings is 1. The van der Waals surface area contributed by atoms with Crippen LogP contribution in [0.4, 0.5) is 5.69 Å². The van der Waals surface area contributed by atoms with Crippen molar-refractivity contribution >= 4 is 27.5 Å². The fourth-order valence-electron chi connectivity index (χ4n) is 3.24. The number of amides is 1. The van der Waals surface area contributed by atoms with Gasteiger partial charge in [0.2, 0.25) is 5.91 Å². The van der Waals surface area contributed by atoms with Crippen molar-refractivity contribution in [3.8, 4) is 0 Å². The van der Waals surface area contributed by atoms with Crippen molar-refractivity contribution in [2.45, 2.75) is 25.3 Å².